The summed E-state index contributed by atoms with van der Waals surface area (Å²) in [7, 11) is 0. The molecule has 1 aromatic carbocycles. The number of rotatable bonds is 5. The Bertz CT molecular complexity index is 705. The smallest absolute Gasteiger partial charge is 0.193 e. The maximum atomic E-state index is 11.9. The van der Waals surface area contributed by atoms with Crippen molar-refractivity contribution in [3.05, 3.63) is 52.8 Å². The molecule has 4 nitrogen and oxygen atoms in total. The van der Waals surface area contributed by atoms with Gasteiger partial charge in [-0.05, 0) is 24.3 Å². The molecule has 0 radical (unpaired) electrons. The minimum Gasteiger partial charge on any atom is -0.486 e. The maximum absolute atomic E-state index is 11.9. The largest absolute Gasteiger partial charge is 0.486 e. The van der Waals surface area contributed by atoms with Gasteiger partial charge in [0.1, 0.15) is 12.4 Å². The molecule has 0 N–H and O–H groups in total. The number of imidazole rings is 1. The van der Waals surface area contributed by atoms with Gasteiger partial charge in [0.15, 0.2) is 10.7 Å². The lowest BCUT2D eigenvalue weighted by Crippen LogP contribution is -2.13. The van der Waals surface area contributed by atoms with Crippen molar-refractivity contribution in [1.29, 1.82) is 0 Å². The van der Waals surface area contributed by atoms with Gasteiger partial charge in [0.05, 0.1) is 12.1 Å². The van der Waals surface area contributed by atoms with Crippen LogP contribution in [0.3, 0.4) is 0 Å². The molecular formula is C14H11ClN2O2S. The van der Waals surface area contributed by atoms with Gasteiger partial charge in [-0.15, -0.1) is 11.3 Å². The van der Waals surface area contributed by atoms with Crippen LogP contribution in [-0.4, -0.2) is 21.8 Å². The molecule has 2 heterocycles. The number of hydrogen-bond donors (Lipinski definition) is 0. The number of carbonyl (C=O) groups excluding carboxylic acids is 1. The maximum Gasteiger partial charge on any atom is 0.193 e. The zero-order chi connectivity index (χ0) is 13.9. The average Bonchev–Trinajstić information content (AvgIpc) is 2.99. The van der Waals surface area contributed by atoms with E-state index in [1.807, 2.05) is 22.2 Å². The molecule has 0 bridgehead atoms. The summed E-state index contributed by atoms with van der Waals surface area (Å²) in [5.74, 6) is 0.624. The van der Waals surface area contributed by atoms with Crippen LogP contribution in [0.1, 0.15) is 5.69 Å². The van der Waals surface area contributed by atoms with Gasteiger partial charge < -0.3 is 4.74 Å². The zero-order valence-electron chi connectivity index (χ0n) is 10.5. The Kier molecular flexibility index (Phi) is 3.71. The average molecular weight is 307 g/mol. The second-order valence-electron chi connectivity index (χ2n) is 4.28. The van der Waals surface area contributed by atoms with Gasteiger partial charge in [0.25, 0.3) is 0 Å². The van der Waals surface area contributed by atoms with Crippen LogP contribution in [0.2, 0.25) is 5.02 Å². The fraction of sp³-hybridized carbons (Fsp3) is 0.143. The third-order valence-corrected chi connectivity index (χ3v) is 3.76. The molecule has 0 spiro atoms. The molecule has 0 aliphatic rings. The van der Waals surface area contributed by atoms with Crippen molar-refractivity contribution in [2.45, 2.75) is 6.42 Å². The normalized spacial score (nSPS) is 10.8. The summed E-state index contributed by atoms with van der Waals surface area (Å²) in [5, 5.41) is 2.60. The molecule has 0 amide bonds. The third kappa shape index (κ3) is 3.00. The van der Waals surface area contributed by atoms with Gasteiger partial charge in [0, 0.05) is 22.8 Å². The minimum atomic E-state index is -0.00861. The Labute approximate surface area is 124 Å². The molecule has 0 aliphatic carbocycles. The van der Waals surface area contributed by atoms with Crippen LogP contribution in [0.15, 0.2) is 42.0 Å². The molecule has 0 unspecified atom stereocenters. The van der Waals surface area contributed by atoms with E-state index in [2.05, 4.69) is 4.98 Å². The predicted octanol–water partition coefficient (Wildman–Crippen LogP) is 3.24. The first-order valence-electron chi connectivity index (χ1n) is 6.02. The molecule has 102 valence electrons. The number of halogens is 1. The number of fused-ring (bicyclic) bond motifs is 1. The number of benzene rings is 1. The van der Waals surface area contributed by atoms with Gasteiger partial charge in [-0.3, -0.25) is 9.20 Å². The molecule has 0 saturated heterocycles. The van der Waals surface area contributed by atoms with E-state index in [4.69, 9.17) is 16.3 Å². The third-order valence-electron chi connectivity index (χ3n) is 2.73. The molecule has 6 heteroatoms. The molecule has 3 rings (SSSR count). The van der Waals surface area contributed by atoms with Crippen LogP contribution in [0.5, 0.6) is 5.75 Å². The molecule has 0 fully saturated rings. The summed E-state index contributed by atoms with van der Waals surface area (Å²) < 4.78 is 7.32. The van der Waals surface area contributed by atoms with Crippen molar-refractivity contribution >= 4 is 33.7 Å². The number of hydrogen-bond acceptors (Lipinski definition) is 4. The van der Waals surface area contributed by atoms with Crippen molar-refractivity contribution in [3.63, 3.8) is 0 Å². The molecule has 0 aliphatic heterocycles. The van der Waals surface area contributed by atoms with Gasteiger partial charge in [-0.2, -0.15) is 0 Å². The minimum absolute atomic E-state index is 0.00861. The van der Waals surface area contributed by atoms with Gasteiger partial charge in [0.2, 0.25) is 0 Å². The van der Waals surface area contributed by atoms with Gasteiger partial charge >= 0.3 is 0 Å². The molecule has 3 aromatic rings. The summed E-state index contributed by atoms with van der Waals surface area (Å²) in [6.45, 7) is 0.0345. The second-order valence-corrected chi connectivity index (χ2v) is 5.59. The van der Waals surface area contributed by atoms with Crippen LogP contribution in [0, 0.1) is 0 Å². The summed E-state index contributed by atoms with van der Waals surface area (Å²) in [4.78, 5) is 17.1. The lowest BCUT2D eigenvalue weighted by molar-refractivity contribution is -0.120. The van der Waals surface area contributed by atoms with Crippen LogP contribution in [0.25, 0.3) is 4.96 Å². The number of Topliss-reactive ketones (excluding diaryl/α,β-unsaturated/α-hetero) is 1. The van der Waals surface area contributed by atoms with Crippen molar-refractivity contribution in [2.75, 3.05) is 6.61 Å². The molecular weight excluding hydrogens is 296 g/mol. The number of carbonyl (C=O) groups is 1. The van der Waals surface area contributed by atoms with Crippen LogP contribution in [0.4, 0.5) is 0 Å². The van der Waals surface area contributed by atoms with E-state index in [1.54, 1.807) is 35.6 Å². The molecule has 0 saturated carbocycles. The SMILES string of the molecule is O=C(COc1ccc(Cl)cc1)Cc1cn2ccsc2n1. The number of aromatic nitrogens is 2. The van der Waals surface area contributed by atoms with E-state index in [1.165, 1.54) is 0 Å². The Hall–Kier alpha value is -1.85. The van der Waals surface area contributed by atoms with Crippen molar-refractivity contribution in [3.8, 4) is 5.75 Å². The van der Waals surface area contributed by atoms with Gasteiger partial charge in [-0.25, -0.2) is 4.98 Å². The Morgan fingerprint density at radius 1 is 1.35 bits per heavy atom. The van der Waals surface area contributed by atoms with E-state index in [0.29, 0.717) is 10.8 Å². The topological polar surface area (TPSA) is 43.6 Å². The van der Waals surface area contributed by atoms with E-state index in [9.17, 15) is 4.79 Å². The number of nitrogens with zero attached hydrogens (tertiary/aromatic N) is 2. The first-order valence-corrected chi connectivity index (χ1v) is 7.27. The van der Waals surface area contributed by atoms with Crippen molar-refractivity contribution in [2.24, 2.45) is 0 Å². The summed E-state index contributed by atoms with van der Waals surface area (Å²) >= 11 is 7.32. The highest BCUT2D eigenvalue weighted by atomic mass is 35.5. The number of ketones is 1. The highest BCUT2D eigenvalue weighted by Crippen LogP contribution is 2.16. The fourth-order valence-electron chi connectivity index (χ4n) is 1.81. The van der Waals surface area contributed by atoms with E-state index in [0.717, 1.165) is 10.7 Å². The lowest BCUT2D eigenvalue weighted by atomic mass is 10.2. The van der Waals surface area contributed by atoms with Crippen molar-refractivity contribution < 1.29 is 9.53 Å². The summed E-state index contributed by atoms with van der Waals surface area (Å²) in [5.41, 5.74) is 0.765. The van der Waals surface area contributed by atoms with Crippen molar-refractivity contribution in [1.82, 2.24) is 9.38 Å². The highest BCUT2D eigenvalue weighted by molar-refractivity contribution is 7.15. The fourth-order valence-corrected chi connectivity index (χ4v) is 2.65. The highest BCUT2D eigenvalue weighted by Gasteiger charge is 2.09. The predicted molar refractivity (Wildman–Crippen MR) is 78.7 cm³/mol. The van der Waals surface area contributed by atoms with E-state index in [-0.39, 0.29) is 18.8 Å². The van der Waals surface area contributed by atoms with E-state index < -0.39 is 0 Å². The first-order chi connectivity index (χ1) is 9.70. The standard InChI is InChI=1S/C14H11ClN2O2S/c15-10-1-3-13(4-2-10)19-9-12(18)7-11-8-17-5-6-20-14(17)16-11/h1-6,8H,7,9H2. The molecule has 0 atom stereocenters. The van der Waals surface area contributed by atoms with Crippen LogP contribution >= 0.6 is 22.9 Å². The van der Waals surface area contributed by atoms with Crippen LogP contribution in [-0.2, 0) is 11.2 Å². The second kappa shape index (κ2) is 5.64. The summed E-state index contributed by atoms with van der Waals surface area (Å²) in [6, 6.07) is 6.93. The van der Waals surface area contributed by atoms with Gasteiger partial charge in [-0.1, -0.05) is 11.6 Å². The monoisotopic (exact) mass is 306 g/mol. The Morgan fingerprint density at radius 2 is 2.15 bits per heavy atom. The number of ether oxygens (including phenoxy) is 1. The quantitative estimate of drug-likeness (QED) is 0.727. The Balaban J connectivity index is 1.57. The molecule has 2 aromatic heterocycles. The molecule has 20 heavy (non-hydrogen) atoms. The van der Waals surface area contributed by atoms with E-state index >= 15 is 0 Å². The lowest BCUT2D eigenvalue weighted by Gasteiger charge is -2.04. The first kappa shape index (κ1) is 13.1. The van der Waals surface area contributed by atoms with Crippen LogP contribution < -0.4 is 4.74 Å². The zero-order valence-corrected chi connectivity index (χ0v) is 12.0. The Morgan fingerprint density at radius 3 is 2.90 bits per heavy atom. The summed E-state index contributed by atoms with van der Waals surface area (Å²) in [6.07, 6.45) is 4.07. The number of thiazole rings is 1.